The smallest absolute Gasteiger partial charge is 0.117 e. The van der Waals surface area contributed by atoms with Gasteiger partial charge in [-0.05, 0) is 36.4 Å². The molecule has 0 aliphatic heterocycles. The van der Waals surface area contributed by atoms with Crippen LogP contribution in [0.4, 0.5) is 5.69 Å². The summed E-state index contributed by atoms with van der Waals surface area (Å²) < 4.78 is 5.36. The average molecular weight is 265 g/mol. The molecule has 4 heteroatoms. The zero-order chi connectivity index (χ0) is 13.0. The molecule has 0 saturated heterocycles. The third kappa shape index (κ3) is 3.28. The lowest BCUT2D eigenvalue weighted by Crippen LogP contribution is -2.22. The average Bonchev–Trinajstić information content (AvgIpc) is 2.84. The van der Waals surface area contributed by atoms with Gasteiger partial charge in [0.15, 0.2) is 0 Å². The fourth-order valence-corrected chi connectivity index (χ4v) is 2.03. The first-order chi connectivity index (χ1) is 8.69. The molecule has 18 heavy (non-hydrogen) atoms. The number of benzene rings is 1. The molecule has 0 spiro atoms. The molecule has 0 atom stereocenters. The SMILES string of the molecule is CCN(Cc1ccco1)Cc1ccc(Cl)cc1N. The molecule has 2 rings (SSSR count). The highest BCUT2D eigenvalue weighted by Crippen LogP contribution is 2.20. The molecule has 0 amide bonds. The van der Waals surface area contributed by atoms with Crippen molar-refractivity contribution < 1.29 is 4.42 Å². The molecular weight excluding hydrogens is 248 g/mol. The number of hydrogen-bond acceptors (Lipinski definition) is 3. The molecule has 96 valence electrons. The standard InChI is InChI=1S/C14H17ClN2O/c1-2-17(10-13-4-3-7-18-13)9-11-5-6-12(15)8-14(11)16/h3-8H,2,9-10,16H2,1H3. The van der Waals surface area contributed by atoms with Crippen molar-refractivity contribution in [1.29, 1.82) is 0 Å². The van der Waals surface area contributed by atoms with Crippen LogP contribution in [0.2, 0.25) is 5.02 Å². The summed E-state index contributed by atoms with van der Waals surface area (Å²) in [4.78, 5) is 2.26. The number of nitrogen functional groups attached to an aromatic ring is 1. The number of nitrogens with zero attached hydrogens (tertiary/aromatic N) is 1. The Bertz CT molecular complexity index is 497. The number of rotatable bonds is 5. The molecule has 0 unspecified atom stereocenters. The first-order valence-electron chi connectivity index (χ1n) is 5.97. The molecule has 0 radical (unpaired) electrons. The van der Waals surface area contributed by atoms with Crippen molar-refractivity contribution in [2.75, 3.05) is 12.3 Å². The van der Waals surface area contributed by atoms with Gasteiger partial charge in [0.1, 0.15) is 5.76 Å². The lowest BCUT2D eigenvalue weighted by molar-refractivity contribution is 0.248. The van der Waals surface area contributed by atoms with Gasteiger partial charge in [-0.2, -0.15) is 0 Å². The van der Waals surface area contributed by atoms with E-state index < -0.39 is 0 Å². The molecule has 3 nitrogen and oxygen atoms in total. The highest BCUT2D eigenvalue weighted by molar-refractivity contribution is 6.30. The summed E-state index contributed by atoms with van der Waals surface area (Å²) in [6.07, 6.45) is 1.69. The summed E-state index contributed by atoms with van der Waals surface area (Å²) in [5.41, 5.74) is 7.79. The Hall–Kier alpha value is -1.45. The fourth-order valence-electron chi connectivity index (χ4n) is 1.85. The van der Waals surface area contributed by atoms with E-state index in [1.165, 1.54) is 0 Å². The van der Waals surface area contributed by atoms with E-state index in [1.807, 2.05) is 24.3 Å². The topological polar surface area (TPSA) is 42.4 Å². The summed E-state index contributed by atoms with van der Waals surface area (Å²) in [5.74, 6) is 0.962. The summed E-state index contributed by atoms with van der Waals surface area (Å²) >= 11 is 5.89. The number of hydrogen-bond donors (Lipinski definition) is 1. The largest absolute Gasteiger partial charge is 0.468 e. The second kappa shape index (κ2) is 5.94. The second-order valence-electron chi connectivity index (χ2n) is 4.23. The minimum absolute atomic E-state index is 0.672. The summed E-state index contributed by atoms with van der Waals surface area (Å²) in [7, 11) is 0. The van der Waals surface area contributed by atoms with Gasteiger partial charge in [0.25, 0.3) is 0 Å². The van der Waals surface area contributed by atoms with Gasteiger partial charge in [0.05, 0.1) is 12.8 Å². The molecule has 0 aliphatic rings. The van der Waals surface area contributed by atoms with E-state index in [0.29, 0.717) is 5.02 Å². The summed E-state index contributed by atoms with van der Waals surface area (Å²) in [6.45, 7) is 4.63. The van der Waals surface area contributed by atoms with Crippen molar-refractivity contribution in [3.05, 3.63) is 52.9 Å². The number of halogens is 1. The van der Waals surface area contributed by atoms with Crippen LogP contribution in [0.3, 0.4) is 0 Å². The van der Waals surface area contributed by atoms with Gasteiger partial charge in [0, 0.05) is 17.3 Å². The highest BCUT2D eigenvalue weighted by Gasteiger charge is 2.09. The van der Waals surface area contributed by atoms with Crippen LogP contribution in [0, 0.1) is 0 Å². The number of anilines is 1. The van der Waals surface area contributed by atoms with Gasteiger partial charge < -0.3 is 10.2 Å². The molecule has 0 aliphatic carbocycles. The molecule has 0 fully saturated rings. The van der Waals surface area contributed by atoms with Crippen LogP contribution in [0.25, 0.3) is 0 Å². The zero-order valence-corrected chi connectivity index (χ0v) is 11.2. The fraction of sp³-hybridized carbons (Fsp3) is 0.286. The number of nitrogens with two attached hydrogens (primary N) is 1. The maximum atomic E-state index is 5.96. The Labute approximate surface area is 112 Å². The zero-order valence-electron chi connectivity index (χ0n) is 10.4. The molecular formula is C14H17ClN2O. The Kier molecular flexibility index (Phi) is 4.28. The molecule has 1 aromatic carbocycles. The first kappa shape index (κ1) is 13.0. The summed E-state index contributed by atoms with van der Waals surface area (Å²) in [6, 6.07) is 9.52. The van der Waals surface area contributed by atoms with E-state index in [0.717, 1.165) is 36.6 Å². The Balaban J connectivity index is 2.05. The van der Waals surface area contributed by atoms with Crippen LogP contribution >= 0.6 is 11.6 Å². The van der Waals surface area contributed by atoms with E-state index in [2.05, 4.69) is 11.8 Å². The van der Waals surface area contributed by atoms with Crippen LogP contribution in [0.1, 0.15) is 18.2 Å². The Morgan fingerprint density at radius 1 is 1.28 bits per heavy atom. The maximum absolute atomic E-state index is 5.96. The molecule has 0 bridgehead atoms. The molecule has 2 N–H and O–H groups in total. The van der Waals surface area contributed by atoms with Crippen LogP contribution in [0.15, 0.2) is 41.0 Å². The van der Waals surface area contributed by atoms with E-state index in [1.54, 1.807) is 12.3 Å². The molecule has 1 aromatic heterocycles. The van der Waals surface area contributed by atoms with Crippen molar-refractivity contribution in [1.82, 2.24) is 4.90 Å². The van der Waals surface area contributed by atoms with E-state index in [-0.39, 0.29) is 0 Å². The predicted molar refractivity (Wildman–Crippen MR) is 74.4 cm³/mol. The quantitative estimate of drug-likeness (QED) is 0.840. The normalized spacial score (nSPS) is 11.1. The van der Waals surface area contributed by atoms with Crippen LogP contribution < -0.4 is 5.73 Å². The van der Waals surface area contributed by atoms with Gasteiger partial charge in [-0.1, -0.05) is 24.6 Å². The van der Waals surface area contributed by atoms with Gasteiger partial charge in [-0.15, -0.1) is 0 Å². The lowest BCUT2D eigenvalue weighted by atomic mass is 10.1. The summed E-state index contributed by atoms with van der Waals surface area (Å²) in [5, 5.41) is 0.672. The minimum Gasteiger partial charge on any atom is -0.468 e. The monoisotopic (exact) mass is 264 g/mol. The third-order valence-corrected chi connectivity index (χ3v) is 3.14. The van der Waals surface area contributed by atoms with E-state index >= 15 is 0 Å². The van der Waals surface area contributed by atoms with Gasteiger partial charge in [0.2, 0.25) is 0 Å². The lowest BCUT2D eigenvalue weighted by Gasteiger charge is -2.20. The third-order valence-electron chi connectivity index (χ3n) is 2.91. The molecule has 1 heterocycles. The van der Waals surface area contributed by atoms with Crippen molar-refractivity contribution in [3.63, 3.8) is 0 Å². The van der Waals surface area contributed by atoms with Crippen molar-refractivity contribution >= 4 is 17.3 Å². The Morgan fingerprint density at radius 2 is 2.11 bits per heavy atom. The maximum Gasteiger partial charge on any atom is 0.117 e. The van der Waals surface area contributed by atoms with E-state index in [4.69, 9.17) is 21.8 Å². The molecule has 0 saturated carbocycles. The van der Waals surface area contributed by atoms with Crippen LogP contribution in [-0.4, -0.2) is 11.4 Å². The van der Waals surface area contributed by atoms with Crippen molar-refractivity contribution in [2.24, 2.45) is 0 Å². The van der Waals surface area contributed by atoms with Crippen molar-refractivity contribution in [2.45, 2.75) is 20.0 Å². The second-order valence-corrected chi connectivity index (χ2v) is 4.66. The molecule has 2 aromatic rings. The predicted octanol–water partition coefficient (Wildman–Crippen LogP) is 3.54. The van der Waals surface area contributed by atoms with Crippen LogP contribution in [0.5, 0.6) is 0 Å². The van der Waals surface area contributed by atoms with Gasteiger partial charge >= 0.3 is 0 Å². The Morgan fingerprint density at radius 3 is 2.72 bits per heavy atom. The number of furan rings is 1. The highest BCUT2D eigenvalue weighted by atomic mass is 35.5. The van der Waals surface area contributed by atoms with E-state index in [9.17, 15) is 0 Å². The first-order valence-corrected chi connectivity index (χ1v) is 6.35. The van der Waals surface area contributed by atoms with Crippen molar-refractivity contribution in [3.8, 4) is 0 Å². The minimum atomic E-state index is 0.672. The van der Waals surface area contributed by atoms with Gasteiger partial charge in [-0.3, -0.25) is 4.90 Å². The van der Waals surface area contributed by atoms with Crippen LogP contribution in [-0.2, 0) is 13.1 Å². The van der Waals surface area contributed by atoms with Gasteiger partial charge in [-0.25, -0.2) is 0 Å².